The highest BCUT2D eigenvalue weighted by molar-refractivity contribution is 7.89. The number of amides is 1. The highest BCUT2D eigenvalue weighted by Crippen LogP contribution is 2.23. The first-order chi connectivity index (χ1) is 13.9. The van der Waals surface area contributed by atoms with Crippen LogP contribution >= 0.6 is 0 Å². The number of imidazole rings is 1. The van der Waals surface area contributed by atoms with Crippen molar-refractivity contribution in [2.24, 2.45) is 5.92 Å². The topological polar surface area (TPSA) is 84.3 Å². The molecular formula is C21H30N4O3S. The van der Waals surface area contributed by atoms with E-state index in [-0.39, 0.29) is 22.9 Å². The van der Waals surface area contributed by atoms with E-state index in [1.807, 2.05) is 32.0 Å². The largest absolute Gasteiger partial charge is 0.356 e. The van der Waals surface area contributed by atoms with Crippen molar-refractivity contribution >= 4 is 15.9 Å². The van der Waals surface area contributed by atoms with Crippen LogP contribution in [0, 0.1) is 5.92 Å². The standard InChI is InChI=1S/C21H30N4O3S/c1-17(2)24-15-20(23-16-24)29(27,28)25-13-10-19(11-14-25)21(26)22-12-6-9-18-7-4-3-5-8-18/h3-5,7-8,15-17,19H,6,9-14H2,1-2H3,(H,22,26). The molecule has 0 saturated carbocycles. The van der Waals surface area contributed by atoms with Crippen LogP contribution in [-0.2, 0) is 21.2 Å². The van der Waals surface area contributed by atoms with Gasteiger partial charge in [-0.2, -0.15) is 4.31 Å². The molecule has 1 N–H and O–H groups in total. The average Bonchev–Trinajstić information content (AvgIpc) is 3.23. The molecule has 1 aliphatic rings. The van der Waals surface area contributed by atoms with Crippen molar-refractivity contribution in [3.8, 4) is 0 Å². The highest BCUT2D eigenvalue weighted by atomic mass is 32.2. The molecule has 0 atom stereocenters. The molecule has 29 heavy (non-hydrogen) atoms. The average molecular weight is 419 g/mol. The van der Waals surface area contributed by atoms with E-state index in [9.17, 15) is 13.2 Å². The van der Waals surface area contributed by atoms with Gasteiger partial charge in [0.05, 0.1) is 6.33 Å². The predicted molar refractivity (Wildman–Crippen MR) is 112 cm³/mol. The lowest BCUT2D eigenvalue weighted by Gasteiger charge is -2.30. The Labute approximate surface area is 173 Å². The Hall–Kier alpha value is -2.19. The Kier molecular flexibility index (Phi) is 7.08. The van der Waals surface area contributed by atoms with E-state index in [1.165, 1.54) is 9.87 Å². The Morgan fingerprint density at radius 3 is 2.52 bits per heavy atom. The second kappa shape index (κ2) is 9.54. The zero-order valence-corrected chi connectivity index (χ0v) is 17.9. The fraction of sp³-hybridized carbons (Fsp3) is 0.524. The molecule has 2 aromatic rings. The first-order valence-corrected chi connectivity index (χ1v) is 11.7. The Morgan fingerprint density at radius 1 is 1.21 bits per heavy atom. The van der Waals surface area contributed by atoms with Crippen molar-refractivity contribution in [3.63, 3.8) is 0 Å². The Morgan fingerprint density at radius 2 is 1.90 bits per heavy atom. The van der Waals surface area contributed by atoms with E-state index in [0.717, 1.165) is 12.8 Å². The predicted octanol–water partition coefficient (Wildman–Crippen LogP) is 2.61. The van der Waals surface area contributed by atoms with E-state index in [1.54, 1.807) is 17.1 Å². The molecule has 1 fully saturated rings. The maximum absolute atomic E-state index is 12.8. The minimum absolute atomic E-state index is 0.0270. The van der Waals surface area contributed by atoms with Crippen molar-refractivity contribution in [1.29, 1.82) is 0 Å². The number of nitrogens with zero attached hydrogens (tertiary/aromatic N) is 3. The molecule has 7 nitrogen and oxygen atoms in total. The van der Waals surface area contributed by atoms with Crippen LogP contribution in [0.5, 0.6) is 0 Å². The molecule has 0 unspecified atom stereocenters. The summed E-state index contributed by atoms with van der Waals surface area (Å²) < 4.78 is 28.8. The Balaban J connectivity index is 1.44. The zero-order valence-electron chi connectivity index (χ0n) is 17.1. The van der Waals surface area contributed by atoms with Crippen LogP contribution in [0.25, 0.3) is 0 Å². The molecule has 0 bridgehead atoms. The summed E-state index contributed by atoms with van der Waals surface area (Å²) in [7, 11) is -3.61. The first-order valence-electron chi connectivity index (χ1n) is 10.2. The lowest BCUT2D eigenvalue weighted by molar-refractivity contribution is -0.126. The van der Waals surface area contributed by atoms with Gasteiger partial charge >= 0.3 is 0 Å². The fourth-order valence-electron chi connectivity index (χ4n) is 3.52. The molecule has 1 saturated heterocycles. The third-order valence-electron chi connectivity index (χ3n) is 5.39. The van der Waals surface area contributed by atoms with Crippen LogP contribution in [0.2, 0.25) is 0 Å². The minimum Gasteiger partial charge on any atom is -0.356 e. The number of aryl methyl sites for hydroxylation is 1. The summed E-state index contributed by atoms with van der Waals surface area (Å²) in [6.07, 6.45) is 6.02. The third-order valence-corrected chi connectivity index (χ3v) is 7.17. The highest BCUT2D eigenvalue weighted by Gasteiger charge is 2.33. The van der Waals surface area contributed by atoms with E-state index < -0.39 is 10.0 Å². The van der Waals surface area contributed by atoms with Gasteiger partial charge in [-0.3, -0.25) is 4.79 Å². The number of sulfonamides is 1. The van der Waals surface area contributed by atoms with Crippen molar-refractivity contribution in [2.45, 2.75) is 50.6 Å². The number of hydrogen-bond acceptors (Lipinski definition) is 4. The fourth-order valence-corrected chi connectivity index (χ4v) is 4.91. The third kappa shape index (κ3) is 5.45. The molecule has 0 radical (unpaired) electrons. The first kappa shape index (κ1) is 21.5. The van der Waals surface area contributed by atoms with E-state index in [2.05, 4.69) is 22.4 Å². The molecule has 1 aromatic carbocycles. The smallest absolute Gasteiger partial charge is 0.262 e. The molecule has 1 aromatic heterocycles. The lowest BCUT2D eigenvalue weighted by atomic mass is 9.97. The van der Waals surface area contributed by atoms with Crippen LogP contribution in [0.1, 0.15) is 44.7 Å². The van der Waals surface area contributed by atoms with Crippen molar-refractivity contribution in [2.75, 3.05) is 19.6 Å². The number of piperidine rings is 1. The summed E-state index contributed by atoms with van der Waals surface area (Å²) in [5.74, 6) is -0.106. The van der Waals surface area contributed by atoms with Crippen LogP contribution in [0.15, 0.2) is 47.9 Å². The van der Waals surface area contributed by atoms with Gasteiger partial charge in [0.15, 0.2) is 5.03 Å². The Bertz CT molecular complexity index is 901. The quantitative estimate of drug-likeness (QED) is 0.668. The number of aromatic nitrogens is 2. The van der Waals surface area contributed by atoms with Crippen molar-refractivity contribution < 1.29 is 13.2 Å². The summed E-state index contributed by atoms with van der Waals surface area (Å²) >= 11 is 0. The van der Waals surface area contributed by atoms with E-state index >= 15 is 0 Å². The second-order valence-electron chi connectivity index (χ2n) is 7.81. The van der Waals surface area contributed by atoms with Gasteiger partial charge in [-0.05, 0) is 45.1 Å². The van der Waals surface area contributed by atoms with Gasteiger partial charge in [-0.25, -0.2) is 13.4 Å². The normalized spacial score (nSPS) is 16.2. The van der Waals surface area contributed by atoms with Gasteiger partial charge < -0.3 is 9.88 Å². The maximum atomic E-state index is 12.8. The van der Waals surface area contributed by atoms with E-state index in [0.29, 0.717) is 32.5 Å². The number of hydrogen-bond donors (Lipinski definition) is 1. The number of benzene rings is 1. The number of carbonyl (C=O) groups is 1. The van der Waals surface area contributed by atoms with Gasteiger partial charge in [-0.15, -0.1) is 0 Å². The summed E-state index contributed by atoms with van der Waals surface area (Å²) in [6, 6.07) is 10.4. The van der Waals surface area contributed by atoms with Crippen molar-refractivity contribution in [3.05, 3.63) is 48.4 Å². The van der Waals surface area contributed by atoms with E-state index in [4.69, 9.17) is 0 Å². The molecule has 1 aliphatic heterocycles. The van der Waals surface area contributed by atoms with Crippen LogP contribution in [0.3, 0.4) is 0 Å². The van der Waals surface area contributed by atoms with Gasteiger partial charge in [0, 0.05) is 37.8 Å². The SMILES string of the molecule is CC(C)n1cnc(S(=O)(=O)N2CCC(C(=O)NCCCc3ccccc3)CC2)c1. The monoisotopic (exact) mass is 418 g/mol. The molecule has 1 amide bonds. The van der Waals surface area contributed by atoms with Gasteiger partial charge in [-0.1, -0.05) is 30.3 Å². The number of nitrogens with one attached hydrogen (secondary N) is 1. The summed E-state index contributed by atoms with van der Waals surface area (Å²) in [6.45, 7) is 5.28. The molecule has 0 aliphatic carbocycles. The molecule has 158 valence electrons. The maximum Gasteiger partial charge on any atom is 0.262 e. The van der Waals surface area contributed by atoms with Crippen molar-refractivity contribution in [1.82, 2.24) is 19.2 Å². The molecular weight excluding hydrogens is 388 g/mol. The van der Waals surface area contributed by atoms with Gasteiger partial charge in [0.25, 0.3) is 10.0 Å². The lowest BCUT2D eigenvalue weighted by Crippen LogP contribution is -2.43. The number of carbonyl (C=O) groups excluding carboxylic acids is 1. The zero-order chi connectivity index (χ0) is 20.9. The number of rotatable bonds is 8. The molecule has 8 heteroatoms. The second-order valence-corrected chi connectivity index (χ2v) is 9.70. The molecule has 3 rings (SSSR count). The van der Waals surface area contributed by atoms with Crippen LogP contribution in [-0.4, -0.2) is 47.8 Å². The van der Waals surface area contributed by atoms with Gasteiger partial charge in [0.2, 0.25) is 5.91 Å². The summed E-state index contributed by atoms with van der Waals surface area (Å²) in [5.41, 5.74) is 1.26. The molecule has 0 spiro atoms. The van der Waals surface area contributed by atoms with Gasteiger partial charge in [0.1, 0.15) is 0 Å². The van der Waals surface area contributed by atoms with Crippen LogP contribution < -0.4 is 5.32 Å². The molecule has 2 heterocycles. The summed E-state index contributed by atoms with van der Waals surface area (Å²) in [5, 5.41) is 3.08. The summed E-state index contributed by atoms with van der Waals surface area (Å²) in [4.78, 5) is 16.5. The minimum atomic E-state index is -3.61. The van der Waals surface area contributed by atoms with Crippen LogP contribution in [0.4, 0.5) is 0 Å².